The van der Waals surface area contributed by atoms with Crippen molar-refractivity contribution in [1.82, 2.24) is 0 Å². The summed E-state index contributed by atoms with van der Waals surface area (Å²) in [4.78, 5) is 12.3. The molecule has 2 rings (SSSR count). The number of hydrogen-bond acceptors (Lipinski definition) is 3. The van der Waals surface area contributed by atoms with E-state index in [0.29, 0.717) is 19.3 Å². The summed E-state index contributed by atoms with van der Waals surface area (Å²) in [6.07, 6.45) is 1.49. The molecule has 6 heteroatoms. The van der Waals surface area contributed by atoms with Crippen LogP contribution in [0.4, 0.5) is 5.69 Å². The number of amides is 1. The number of carbonyl (C=O) groups is 1. The molecule has 0 aliphatic heterocycles. The van der Waals surface area contributed by atoms with Gasteiger partial charge in [-0.1, -0.05) is 6.07 Å². The van der Waals surface area contributed by atoms with E-state index in [1.54, 1.807) is 18.2 Å². The highest BCUT2D eigenvalue weighted by molar-refractivity contribution is 14.1. The third-order valence-corrected chi connectivity index (χ3v) is 4.91. The minimum Gasteiger partial charge on any atom is -0.506 e. The quantitative estimate of drug-likeness (QED) is 0.360. The van der Waals surface area contributed by atoms with Crippen LogP contribution in [0.5, 0.6) is 5.75 Å². The third-order valence-electron chi connectivity index (χ3n) is 3.48. The smallest absolute Gasteiger partial charge is 0.266 e. The Balaban J connectivity index is 2.29. The molecule has 0 fully saturated rings. The van der Waals surface area contributed by atoms with E-state index in [1.807, 2.05) is 54.6 Å². The lowest BCUT2D eigenvalue weighted by molar-refractivity contribution is -0.112. The lowest BCUT2D eigenvalue weighted by Crippen LogP contribution is -2.13. The number of nitriles is 1. The molecule has 0 saturated heterocycles. The molecule has 0 radical (unpaired) electrons. The van der Waals surface area contributed by atoms with Crippen molar-refractivity contribution in [3.63, 3.8) is 0 Å². The Bertz CT molecular complexity index is 862. The zero-order valence-electron chi connectivity index (χ0n) is 13.0. The Morgan fingerprint density at radius 2 is 2.00 bits per heavy atom. The van der Waals surface area contributed by atoms with E-state index in [2.05, 4.69) is 21.2 Å². The standard InChI is InChI=1S/C18H14BrIN2O2/c1-10-3-4-14(5-11(10)2)22-18(24)13(9-21)6-12-7-15(19)17(23)16(20)8-12/h3-8,23H,1-2H3,(H,22,24)/b13-6+. The highest BCUT2D eigenvalue weighted by Gasteiger charge is 2.11. The van der Waals surface area contributed by atoms with E-state index >= 15 is 0 Å². The number of carbonyl (C=O) groups excluding carboxylic acids is 1. The van der Waals surface area contributed by atoms with Gasteiger partial charge >= 0.3 is 0 Å². The zero-order valence-corrected chi connectivity index (χ0v) is 16.8. The highest BCUT2D eigenvalue weighted by Crippen LogP contribution is 2.31. The van der Waals surface area contributed by atoms with Crippen LogP contribution in [0.15, 0.2) is 40.4 Å². The van der Waals surface area contributed by atoms with Crippen LogP contribution in [0.1, 0.15) is 16.7 Å². The molecule has 0 heterocycles. The highest BCUT2D eigenvalue weighted by atomic mass is 127. The predicted octanol–water partition coefficient (Wildman–Crippen LogP) is 4.92. The van der Waals surface area contributed by atoms with Crippen LogP contribution in [-0.2, 0) is 4.79 Å². The summed E-state index contributed by atoms with van der Waals surface area (Å²) in [6.45, 7) is 3.95. The summed E-state index contributed by atoms with van der Waals surface area (Å²) in [6, 6.07) is 10.8. The van der Waals surface area contributed by atoms with Gasteiger partial charge in [-0.2, -0.15) is 5.26 Å². The van der Waals surface area contributed by atoms with Crippen molar-refractivity contribution in [2.45, 2.75) is 13.8 Å². The fraction of sp³-hybridized carbons (Fsp3) is 0.111. The first-order valence-electron chi connectivity index (χ1n) is 7.00. The second kappa shape index (κ2) is 7.81. The van der Waals surface area contributed by atoms with Gasteiger partial charge in [0.25, 0.3) is 5.91 Å². The van der Waals surface area contributed by atoms with E-state index in [4.69, 9.17) is 0 Å². The van der Waals surface area contributed by atoms with E-state index in [0.717, 1.165) is 11.1 Å². The number of nitrogens with one attached hydrogen (secondary N) is 1. The number of phenolic OH excluding ortho intramolecular Hbond substituents is 1. The molecule has 2 aromatic carbocycles. The molecule has 24 heavy (non-hydrogen) atoms. The van der Waals surface area contributed by atoms with Crippen molar-refractivity contribution in [2.24, 2.45) is 0 Å². The fourth-order valence-electron chi connectivity index (χ4n) is 2.00. The monoisotopic (exact) mass is 496 g/mol. The second-order valence-electron chi connectivity index (χ2n) is 5.26. The van der Waals surface area contributed by atoms with Gasteiger partial charge in [0.05, 0.1) is 8.04 Å². The minimum atomic E-state index is -0.472. The predicted molar refractivity (Wildman–Crippen MR) is 107 cm³/mol. The molecular weight excluding hydrogens is 483 g/mol. The SMILES string of the molecule is Cc1ccc(NC(=O)/C(C#N)=C/c2cc(Br)c(O)c(I)c2)cc1C. The minimum absolute atomic E-state index is 0.0124. The Labute approximate surface area is 162 Å². The van der Waals surface area contributed by atoms with Gasteiger partial charge in [-0.25, -0.2) is 0 Å². The van der Waals surface area contributed by atoms with Crippen LogP contribution in [0.2, 0.25) is 0 Å². The summed E-state index contributed by atoms with van der Waals surface area (Å²) >= 11 is 5.23. The number of nitrogens with zero attached hydrogens (tertiary/aromatic N) is 1. The third kappa shape index (κ3) is 4.36. The number of hydrogen-bond donors (Lipinski definition) is 2. The van der Waals surface area contributed by atoms with Crippen molar-refractivity contribution < 1.29 is 9.90 Å². The van der Waals surface area contributed by atoms with Gasteiger partial charge in [-0.15, -0.1) is 0 Å². The number of anilines is 1. The Kier molecular flexibility index (Phi) is 6.02. The number of benzene rings is 2. The lowest BCUT2D eigenvalue weighted by atomic mass is 10.1. The number of rotatable bonds is 3. The van der Waals surface area contributed by atoms with Crippen LogP contribution in [0.25, 0.3) is 6.08 Å². The average molecular weight is 497 g/mol. The molecule has 0 aliphatic rings. The largest absolute Gasteiger partial charge is 0.506 e. The van der Waals surface area contributed by atoms with Gasteiger partial charge in [0, 0.05) is 5.69 Å². The lowest BCUT2D eigenvalue weighted by Gasteiger charge is -2.07. The molecule has 122 valence electrons. The van der Waals surface area contributed by atoms with Crippen molar-refractivity contribution in [3.8, 4) is 11.8 Å². The van der Waals surface area contributed by atoms with Gasteiger partial charge in [0.1, 0.15) is 17.4 Å². The number of aromatic hydroxyl groups is 1. The maximum Gasteiger partial charge on any atom is 0.266 e. The summed E-state index contributed by atoms with van der Waals surface area (Å²) in [5.41, 5.74) is 3.48. The Morgan fingerprint density at radius 1 is 1.29 bits per heavy atom. The molecule has 2 aromatic rings. The molecule has 2 N–H and O–H groups in total. The first-order valence-corrected chi connectivity index (χ1v) is 8.87. The topological polar surface area (TPSA) is 73.1 Å². The number of halogens is 2. The van der Waals surface area contributed by atoms with Gasteiger partial charge in [-0.05, 0) is 99.4 Å². The van der Waals surface area contributed by atoms with E-state index in [1.165, 1.54) is 6.08 Å². The Hall–Kier alpha value is -1.85. The van der Waals surface area contributed by atoms with Crippen molar-refractivity contribution in [3.05, 3.63) is 60.6 Å². The molecule has 0 saturated carbocycles. The molecule has 0 unspecified atom stereocenters. The molecule has 0 aliphatic carbocycles. The van der Waals surface area contributed by atoms with E-state index < -0.39 is 5.91 Å². The fourth-order valence-corrected chi connectivity index (χ4v) is 3.50. The molecule has 0 aromatic heterocycles. The maximum absolute atomic E-state index is 12.3. The van der Waals surface area contributed by atoms with Crippen LogP contribution in [0.3, 0.4) is 0 Å². The normalized spacial score (nSPS) is 11.0. The van der Waals surface area contributed by atoms with Gasteiger partial charge in [0.2, 0.25) is 0 Å². The van der Waals surface area contributed by atoms with Crippen LogP contribution < -0.4 is 5.32 Å². The van der Waals surface area contributed by atoms with Crippen LogP contribution >= 0.6 is 38.5 Å². The van der Waals surface area contributed by atoms with Crippen LogP contribution in [-0.4, -0.2) is 11.0 Å². The van der Waals surface area contributed by atoms with Crippen LogP contribution in [0, 0.1) is 28.7 Å². The molecule has 4 nitrogen and oxygen atoms in total. The molecular formula is C18H14BrIN2O2. The second-order valence-corrected chi connectivity index (χ2v) is 7.27. The van der Waals surface area contributed by atoms with Crippen molar-refractivity contribution in [1.29, 1.82) is 5.26 Å². The first kappa shape index (κ1) is 18.5. The van der Waals surface area contributed by atoms with Gasteiger partial charge < -0.3 is 10.4 Å². The van der Waals surface area contributed by atoms with E-state index in [-0.39, 0.29) is 11.3 Å². The van der Waals surface area contributed by atoms with Gasteiger partial charge in [0.15, 0.2) is 0 Å². The summed E-state index contributed by atoms with van der Waals surface area (Å²) in [7, 11) is 0. The zero-order chi connectivity index (χ0) is 17.9. The number of aryl methyl sites for hydroxylation is 2. The number of phenols is 1. The molecule has 1 amide bonds. The summed E-state index contributed by atoms with van der Waals surface area (Å²) < 4.78 is 1.13. The summed E-state index contributed by atoms with van der Waals surface area (Å²) in [5.74, 6) is -0.342. The Morgan fingerprint density at radius 3 is 2.58 bits per heavy atom. The molecule has 0 bridgehead atoms. The average Bonchev–Trinajstić information content (AvgIpc) is 2.53. The maximum atomic E-state index is 12.3. The van der Waals surface area contributed by atoms with E-state index in [9.17, 15) is 15.2 Å². The van der Waals surface area contributed by atoms with Gasteiger partial charge in [-0.3, -0.25) is 4.79 Å². The molecule has 0 atom stereocenters. The summed E-state index contributed by atoms with van der Waals surface area (Å²) in [5, 5.41) is 21.8. The van der Waals surface area contributed by atoms with Crippen molar-refractivity contribution >= 4 is 56.2 Å². The van der Waals surface area contributed by atoms with Crippen molar-refractivity contribution in [2.75, 3.05) is 5.32 Å². The first-order chi connectivity index (χ1) is 11.3. The molecule has 0 spiro atoms.